The Kier molecular flexibility index (Phi) is 4.35. The first-order chi connectivity index (χ1) is 9.54. The number of amides is 1. The van der Waals surface area contributed by atoms with Gasteiger partial charge in [-0.2, -0.15) is 0 Å². The van der Waals surface area contributed by atoms with E-state index in [0.29, 0.717) is 17.9 Å². The summed E-state index contributed by atoms with van der Waals surface area (Å²) in [6, 6.07) is 9.98. The number of benzene rings is 1. The van der Waals surface area contributed by atoms with Crippen LogP contribution in [0.2, 0.25) is 0 Å². The molecule has 0 radical (unpaired) electrons. The Hall–Kier alpha value is -2.36. The van der Waals surface area contributed by atoms with Gasteiger partial charge in [-0.1, -0.05) is 29.8 Å². The van der Waals surface area contributed by atoms with Gasteiger partial charge >= 0.3 is 0 Å². The number of carbonyl (C=O) groups is 1. The van der Waals surface area contributed by atoms with Crippen molar-refractivity contribution in [3.8, 4) is 0 Å². The van der Waals surface area contributed by atoms with E-state index in [2.05, 4.69) is 22.4 Å². The molecule has 0 saturated heterocycles. The predicted molar refractivity (Wildman–Crippen MR) is 81.5 cm³/mol. The first-order valence-electron chi connectivity index (χ1n) is 6.62. The van der Waals surface area contributed by atoms with Gasteiger partial charge in [-0.25, -0.2) is 4.98 Å². The van der Waals surface area contributed by atoms with E-state index in [-0.39, 0.29) is 5.91 Å². The summed E-state index contributed by atoms with van der Waals surface area (Å²) in [4.78, 5) is 16.0. The number of hydrogen-bond acceptors (Lipinski definition) is 3. The third-order valence-corrected chi connectivity index (χ3v) is 3.18. The number of anilines is 2. The van der Waals surface area contributed by atoms with Gasteiger partial charge in [0.1, 0.15) is 5.82 Å². The summed E-state index contributed by atoms with van der Waals surface area (Å²) in [7, 11) is 0. The SMILES string of the molecule is Cc1ccc(CCC(=O)Nc2cc(C)c(N)cn2)cc1. The van der Waals surface area contributed by atoms with Gasteiger partial charge in [0, 0.05) is 6.42 Å². The van der Waals surface area contributed by atoms with Crippen LogP contribution in [0, 0.1) is 13.8 Å². The van der Waals surface area contributed by atoms with Crippen molar-refractivity contribution in [2.75, 3.05) is 11.1 Å². The highest BCUT2D eigenvalue weighted by atomic mass is 16.1. The molecule has 1 heterocycles. The number of carbonyl (C=O) groups excluding carboxylic acids is 1. The highest BCUT2D eigenvalue weighted by molar-refractivity contribution is 5.90. The van der Waals surface area contributed by atoms with E-state index in [1.54, 1.807) is 12.3 Å². The minimum atomic E-state index is -0.0396. The molecule has 1 aromatic heterocycles. The smallest absolute Gasteiger partial charge is 0.225 e. The van der Waals surface area contributed by atoms with Crippen LogP contribution >= 0.6 is 0 Å². The summed E-state index contributed by atoms with van der Waals surface area (Å²) < 4.78 is 0. The molecule has 3 N–H and O–H groups in total. The van der Waals surface area contributed by atoms with E-state index in [0.717, 1.165) is 17.5 Å². The van der Waals surface area contributed by atoms with Crippen molar-refractivity contribution in [2.45, 2.75) is 26.7 Å². The number of nitrogen functional groups attached to an aromatic ring is 1. The van der Waals surface area contributed by atoms with Crippen molar-refractivity contribution in [1.82, 2.24) is 4.98 Å². The van der Waals surface area contributed by atoms with Crippen molar-refractivity contribution in [3.63, 3.8) is 0 Å². The molecule has 20 heavy (non-hydrogen) atoms. The average molecular weight is 269 g/mol. The Balaban J connectivity index is 1.89. The molecule has 0 spiro atoms. The van der Waals surface area contributed by atoms with Crippen LogP contribution < -0.4 is 11.1 Å². The van der Waals surface area contributed by atoms with Gasteiger partial charge < -0.3 is 11.1 Å². The van der Waals surface area contributed by atoms with Crippen molar-refractivity contribution in [3.05, 3.63) is 53.2 Å². The number of nitrogens with two attached hydrogens (primary N) is 1. The first kappa shape index (κ1) is 14.1. The molecule has 104 valence electrons. The molecular formula is C16H19N3O. The Morgan fingerprint density at radius 1 is 1.25 bits per heavy atom. The van der Waals surface area contributed by atoms with Crippen LogP contribution in [0.3, 0.4) is 0 Å². The predicted octanol–water partition coefficient (Wildman–Crippen LogP) is 2.85. The second kappa shape index (κ2) is 6.19. The molecule has 0 aliphatic carbocycles. The normalized spacial score (nSPS) is 10.3. The maximum absolute atomic E-state index is 11.9. The molecule has 2 aromatic rings. The van der Waals surface area contributed by atoms with Gasteiger partial charge in [-0.05, 0) is 37.5 Å². The average Bonchev–Trinajstić information content (AvgIpc) is 2.42. The van der Waals surface area contributed by atoms with E-state index in [9.17, 15) is 4.79 Å². The van der Waals surface area contributed by atoms with Gasteiger partial charge in [0.2, 0.25) is 5.91 Å². The van der Waals surface area contributed by atoms with Crippen LogP contribution in [-0.4, -0.2) is 10.9 Å². The lowest BCUT2D eigenvalue weighted by atomic mass is 10.1. The van der Waals surface area contributed by atoms with E-state index >= 15 is 0 Å². The second-order valence-corrected chi connectivity index (χ2v) is 4.96. The minimum absolute atomic E-state index is 0.0396. The lowest BCUT2D eigenvalue weighted by Gasteiger charge is -2.07. The molecule has 0 aliphatic heterocycles. The van der Waals surface area contributed by atoms with Gasteiger partial charge in [-0.15, -0.1) is 0 Å². The Morgan fingerprint density at radius 3 is 2.60 bits per heavy atom. The van der Waals surface area contributed by atoms with Crippen LogP contribution in [0.4, 0.5) is 11.5 Å². The fourth-order valence-electron chi connectivity index (χ4n) is 1.85. The molecule has 4 nitrogen and oxygen atoms in total. The maximum atomic E-state index is 11.9. The molecule has 0 unspecified atom stereocenters. The van der Waals surface area contributed by atoms with Crippen LogP contribution in [0.15, 0.2) is 36.5 Å². The van der Waals surface area contributed by atoms with Crippen LogP contribution in [0.5, 0.6) is 0 Å². The molecule has 1 amide bonds. The van der Waals surface area contributed by atoms with Crippen molar-refractivity contribution in [2.24, 2.45) is 0 Å². The molecule has 2 rings (SSSR count). The summed E-state index contributed by atoms with van der Waals surface area (Å²) >= 11 is 0. The number of aromatic nitrogens is 1. The standard InChI is InChI=1S/C16H19N3O/c1-11-3-5-13(6-4-11)7-8-16(20)19-15-9-12(2)14(17)10-18-15/h3-6,9-10H,7-8,17H2,1-2H3,(H,18,19,20). The van der Waals surface area contributed by atoms with Gasteiger partial charge in [0.25, 0.3) is 0 Å². The zero-order chi connectivity index (χ0) is 14.5. The largest absolute Gasteiger partial charge is 0.397 e. The quantitative estimate of drug-likeness (QED) is 0.896. The van der Waals surface area contributed by atoms with Gasteiger partial charge in [-0.3, -0.25) is 4.79 Å². The number of hydrogen-bond donors (Lipinski definition) is 2. The highest BCUT2D eigenvalue weighted by Crippen LogP contribution is 2.13. The summed E-state index contributed by atoms with van der Waals surface area (Å²) in [6.45, 7) is 3.94. The molecule has 0 fully saturated rings. The van der Waals surface area contributed by atoms with Crippen molar-refractivity contribution < 1.29 is 4.79 Å². The lowest BCUT2D eigenvalue weighted by molar-refractivity contribution is -0.116. The van der Waals surface area contributed by atoms with Crippen LogP contribution in [0.1, 0.15) is 23.1 Å². The molecule has 0 atom stereocenters. The fraction of sp³-hybridized carbons (Fsp3) is 0.250. The molecule has 0 bridgehead atoms. The molecular weight excluding hydrogens is 250 g/mol. The third-order valence-electron chi connectivity index (χ3n) is 3.18. The van der Waals surface area contributed by atoms with E-state index in [1.165, 1.54) is 5.56 Å². The monoisotopic (exact) mass is 269 g/mol. The summed E-state index contributed by atoms with van der Waals surface area (Å²) in [5, 5.41) is 2.79. The number of rotatable bonds is 4. The summed E-state index contributed by atoms with van der Waals surface area (Å²) in [5.74, 6) is 0.507. The summed E-state index contributed by atoms with van der Waals surface area (Å²) in [5.41, 5.74) is 9.61. The number of nitrogens with zero attached hydrogens (tertiary/aromatic N) is 1. The van der Waals surface area contributed by atoms with E-state index in [4.69, 9.17) is 5.73 Å². The highest BCUT2D eigenvalue weighted by Gasteiger charge is 2.05. The molecule has 1 aromatic carbocycles. The lowest BCUT2D eigenvalue weighted by Crippen LogP contribution is -2.13. The van der Waals surface area contributed by atoms with Crippen molar-refractivity contribution in [1.29, 1.82) is 0 Å². The zero-order valence-corrected chi connectivity index (χ0v) is 11.8. The topological polar surface area (TPSA) is 68.0 Å². The van der Waals surface area contributed by atoms with Crippen LogP contribution in [-0.2, 0) is 11.2 Å². The van der Waals surface area contributed by atoms with Crippen molar-refractivity contribution >= 4 is 17.4 Å². The molecule has 4 heteroatoms. The zero-order valence-electron chi connectivity index (χ0n) is 11.8. The number of aryl methyl sites for hydroxylation is 3. The van der Waals surface area contributed by atoms with Gasteiger partial charge in [0.15, 0.2) is 0 Å². The van der Waals surface area contributed by atoms with E-state index in [1.807, 2.05) is 26.0 Å². The third kappa shape index (κ3) is 3.82. The maximum Gasteiger partial charge on any atom is 0.225 e. The fourth-order valence-corrected chi connectivity index (χ4v) is 1.85. The Labute approximate surface area is 119 Å². The Morgan fingerprint density at radius 2 is 1.95 bits per heavy atom. The molecule has 0 saturated carbocycles. The minimum Gasteiger partial charge on any atom is -0.397 e. The first-order valence-corrected chi connectivity index (χ1v) is 6.62. The molecule has 0 aliphatic rings. The van der Waals surface area contributed by atoms with Crippen LogP contribution in [0.25, 0.3) is 0 Å². The Bertz CT molecular complexity index is 606. The summed E-state index contributed by atoms with van der Waals surface area (Å²) in [6.07, 6.45) is 2.72. The number of nitrogens with one attached hydrogen (secondary N) is 1. The van der Waals surface area contributed by atoms with Gasteiger partial charge in [0.05, 0.1) is 11.9 Å². The number of pyridine rings is 1. The second-order valence-electron chi connectivity index (χ2n) is 4.96. The van der Waals surface area contributed by atoms with E-state index < -0.39 is 0 Å².